The molecule has 0 amide bonds. The lowest BCUT2D eigenvalue weighted by molar-refractivity contribution is 0.0765. The Morgan fingerprint density at radius 3 is 2.54 bits per heavy atom. The van der Waals surface area contributed by atoms with Crippen molar-refractivity contribution >= 4 is 5.57 Å². The fourth-order valence-corrected chi connectivity index (χ4v) is 6.28. The van der Waals surface area contributed by atoms with Gasteiger partial charge >= 0.3 is 0 Å². The van der Waals surface area contributed by atoms with E-state index in [1.54, 1.807) is 0 Å². The quantitative estimate of drug-likeness (QED) is 0.327. The number of nitrogens with zero attached hydrogens (tertiary/aromatic N) is 3. The van der Waals surface area contributed by atoms with Crippen LogP contribution in [0, 0.1) is 23.7 Å². The molecule has 3 aromatic rings. The fourth-order valence-electron chi connectivity index (χ4n) is 6.28. The number of aryl methyl sites for hydroxylation is 2. The zero-order valence-corrected chi connectivity index (χ0v) is 23.7. The first-order valence-electron chi connectivity index (χ1n) is 13.9. The Labute approximate surface area is 231 Å². The summed E-state index contributed by atoms with van der Waals surface area (Å²) < 4.78 is 8.09. The van der Waals surface area contributed by atoms with Gasteiger partial charge in [0, 0.05) is 11.8 Å². The molecule has 5 nitrogen and oxygen atoms in total. The second kappa shape index (κ2) is 10.3. The number of nitriles is 1. The van der Waals surface area contributed by atoms with Crippen molar-refractivity contribution in [1.29, 1.82) is 5.26 Å². The van der Waals surface area contributed by atoms with Gasteiger partial charge in [0.2, 0.25) is 0 Å². The number of hydrogen-bond acceptors (Lipinski definition) is 4. The maximum atomic E-state index is 14.2. The van der Waals surface area contributed by atoms with Gasteiger partial charge in [-0.1, -0.05) is 68.8 Å². The smallest absolute Gasteiger partial charge is 0.261 e. The van der Waals surface area contributed by atoms with Crippen molar-refractivity contribution in [2.24, 2.45) is 5.41 Å². The summed E-state index contributed by atoms with van der Waals surface area (Å²) in [6.07, 6.45) is 8.58. The average molecular weight is 520 g/mol. The summed E-state index contributed by atoms with van der Waals surface area (Å²) in [7, 11) is 0. The molecule has 0 bridgehead atoms. The van der Waals surface area contributed by atoms with Crippen molar-refractivity contribution in [2.45, 2.75) is 78.9 Å². The topological polar surface area (TPSA) is 67.9 Å². The minimum absolute atomic E-state index is 0.0254. The molecule has 1 aromatic heterocycles. The lowest BCUT2D eigenvalue weighted by Crippen LogP contribution is -2.31. The molecule has 2 heterocycles. The van der Waals surface area contributed by atoms with E-state index in [0.717, 1.165) is 77.2 Å². The van der Waals surface area contributed by atoms with Gasteiger partial charge in [0.15, 0.2) is 0 Å². The summed E-state index contributed by atoms with van der Waals surface area (Å²) in [5.74, 6) is 1.85. The number of allylic oxidation sites excluding steroid dienone is 4. The van der Waals surface area contributed by atoms with E-state index in [9.17, 15) is 10.1 Å². The van der Waals surface area contributed by atoms with Crippen LogP contribution in [0.2, 0.25) is 0 Å². The molecule has 2 aromatic carbocycles. The van der Waals surface area contributed by atoms with E-state index in [2.05, 4.69) is 45.9 Å². The Morgan fingerprint density at radius 1 is 1.08 bits per heavy atom. The number of aromatic nitrogens is 2. The lowest BCUT2D eigenvalue weighted by atomic mass is 9.73. The van der Waals surface area contributed by atoms with E-state index in [-0.39, 0.29) is 16.6 Å². The molecule has 1 aliphatic heterocycles. The maximum absolute atomic E-state index is 14.2. The highest BCUT2D eigenvalue weighted by molar-refractivity contribution is 5.71. The zero-order valence-electron chi connectivity index (χ0n) is 23.7. The summed E-state index contributed by atoms with van der Waals surface area (Å²) in [6.45, 7) is 11.1. The van der Waals surface area contributed by atoms with Crippen LogP contribution < -0.4 is 5.56 Å². The molecule has 0 spiro atoms. The van der Waals surface area contributed by atoms with E-state index < -0.39 is 0 Å². The fraction of sp³-hybridized carbons (Fsp3) is 0.382. The number of fused-ring (bicyclic) bond motifs is 1. The molecule has 5 heteroatoms. The lowest BCUT2D eigenvalue weighted by Gasteiger charge is -2.28. The minimum atomic E-state index is -0.207. The Morgan fingerprint density at radius 2 is 1.82 bits per heavy atom. The van der Waals surface area contributed by atoms with Gasteiger partial charge in [0.25, 0.3) is 5.56 Å². The molecule has 1 unspecified atom stereocenters. The molecule has 5 rings (SSSR count). The van der Waals surface area contributed by atoms with Gasteiger partial charge in [-0.3, -0.25) is 9.36 Å². The first kappa shape index (κ1) is 26.7. The number of ether oxygens (including phenoxy) is 1. The van der Waals surface area contributed by atoms with E-state index in [0.29, 0.717) is 12.1 Å². The third kappa shape index (κ3) is 5.21. The second-order valence-electron chi connectivity index (χ2n) is 11.8. The summed E-state index contributed by atoms with van der Waals surface area (Å²) in [5.41, 5.74) is 5.84. The zero-order chi connectivity index (χ0) is 27.8. The van der Waals surface area contributed by atoms with E-state index in [1.807, 2.05) is 60.0 Å². The maximum Gasteiger partial charge on any atom is 0.261 e. The third-order valence-electron chi connectivity index (χ3n) is 7.97. The summed E-state index contributed by atoms with van der Waals surface area (Å²) in [4.78, 5) is 19.2. The molecule has 1 fully saturated rings. The van der Waals surface area contributed by atoms with Gasteiger partial charge in [-0.25, -0.2) is 4.98 Å². The van der Waals surface area contributed by atoms with Gasteiger partial charge in [-0.2, -0.15) is 5.26 Å². The molecule has 0 saturated carbocycles. The summed E-state index contributed by atoms with van der Waals surface area (Å²) in [5, 5.41) is 9.50. The van der Waals surface area contributed by atoms with Gasteiger partial charge < -0.3 is 4.74 Å². The molecular weight excluding hydrogens is 482 g/mol. The average Bonchev–Trinajstić information content (AvgIpc) is 3.17. The molecule has 1 aliphatic carbocycles. The number of rotatable bonds is 7. The van der Waals surface area contributed by atoms with Gasteiger partial charge in [-0.15, -0.1) is 0 Å². The number of unbranched alkanes of at least 4 members (excludes halogenated alkanes) is 1. The van der Waals surface area contributed by atoms with Crippen LogP contribution in [-0.4, -0.2) is 15.2 Å². The van der Waals surface area contributed by atoms with Crippen molar-refractivity contribution in [3.8, 4) is 17.2 Å². The van der Waals surface area contributed by atoms with Crippen LogP contribution in [0.5, 0.6) is 0 Å². The third-order valence-corrected chi connectivity index (χ3v) is 7.97. The van der Waals surface area contributed by atoms with Crippen LogP contribution in [0.4, 0.5) is 0 Å². The molecule has 1 atom stereocenters. The van der Waals surface area contributed by atoms with Crippen molar-refractivity contribution in [1.82, 2.24) is 9.55 Å². The van der Waals surface area contributed by atoms with Crippen molar-refractivity contribution in [2.75, 3.05) is 0 Å². The highest BCUT2D eigenvalue weighted by Crippen LogP contribution is 2.53. The normalized spacial score (nSPS) is 19.5. The Balaban J connectivity index is 1.51. The molecule has 200 valence electrons. The van der Waals surface area contributed by atoms with Crippen LogP contribution in [0.25, 0.3) is 16.7 Å². The predicted molar refractivity (Wildman–Crippen MR) is 156 cm³/mol. The molecular formula is C34H37N3O2. The highest BCUT2D eigenvalue weighted by Gasteiger charge is 2.47. The Bertz CT molecular complexity index is 1570. The first-order valence-corrected chi connectivity index (χ1v) is 13.9. The predicted octanol–water partition coefficient (Wildman–Crippen LogP) is 7.36. The van der Waals surface area contributed by atoms with Crippen LogP contribution in [0.1, 0.15) is 81.6 Å². The molecule has 1 saturated heterocycles. The SMILES string of the molecule is CCCCc1nc(C)c(C2=CC=C3OC(C)(C)CC3(C)C2)c(=O)n1Cc1ccc(-c2ccccc2C#N)cc1. The van der Waals surface area contributed by atoms with Crippen molar-refractivity contribution in [3.63, 3.8) is 0 Å². The van der Waals surface area contributed by atoms with Gasteiger partial charge in [0.05, 0.1) is 29.4 Å². The molecule has 0 radical (unpaired) electrons. The van der Waals surface area contributed by atoms with Crippen LogP contribution in [0.15, 0.2) is 71.2 Å². The van der Waals surface area contributed by atoms with E-state index in [4.69, 9.17) is 9.72 Å². The molecule has 0 N–H and O–H groups in total. The first-order chi connectivity index (χ1) is 18.6. The van der Waals surface area contributed by atoms with Crippen LogP contribution in [-0.2, 0) is 17.7 Å². The van der Waals surface area contributed by atoms with Crippen molar-refractivity contribution in [3.05, 3.63) is 105 Å². The molecule has 2 aliphatic rings. The highest BCUT2D eigenvalue weighted by atomic mass is 16.5. The van der Waals surface area contributed by atoms with Crippen LogP contribution >= 0.6 is 0 Å². The minimum Gasteiger partial charge on any atom is -0.492 e. The second-order valence-corrected chi connectivity index (χ2v) is 11.8. The van der Waals surface area contributed by atoms with E-state index in [1.165, 1.54) is 0 Å². The number of benzene rings is 2. The Hall–Kier alpha value is -3.91. The monoisotopic (exact) mass is 519 g/mol. The summed E-state index contributed by atoms with van der Waals surface area (Å²) >= 11 is 0. The molecule has 39 heavy (non-hydrogen) atoms. The largest absolute Gasteiger partial charge is 0.492 e. The Kier molecular flexibility index (Phi) is 7.07. The van der Waals surface area contributed by atoms with Gasteiger partial charge in [0.1, 0.15) is 17.2 Å². The summed E-state index contributed by atoms with van der Waals surface area (Å²) in [6, 6.07) is 18.1. The number of hydrogen-bond donors (Lipinski definition) is 0. The standard InChI is InChI=1S/C34H37N3O2/c1-6-7-12-30-36-23(2)31(26-17-18-29-34(5,19-26)22-33(3,4)39-29)32(38)37(30)21-24-13-15-25(16-14-24)28-11-9-8-10-27(28)20-35/h8-11,13-18H,6-7,12,19,21-22H2,1-5H3. The van der Waals surface area contributed by atoms with E-state index >= 15 is 0 Å². The van der Waals surface area contributed by atoms with Crippen molar-refractivity contribution < 1.29 is 4.74 Å². The van der Waals surface area contributed by atoms with Gasteiger partial charge in [-0.05, 0) is 74.4 Å². The van der Waals surface area contributed by atoms with Crippen LogP contribution in [0.3, 0.4) is 0 Å².